The second-order valence-electron chi connectivity index (χ2n) is 5.32. The Bertz CT molecular complexity index is 518. The van der Waals surface area contributed by atoms with Gasteiger partial charge in [0.1, 0.15) is 5.82 Å². The number of amides is 1. The van der Waals surface area contributed by atoms with Crippen LogP contribution in [0.1, 0.15) is 25.3 Å². The van der Waals surface area contributed by atoms with E-state index in [0.717, 1.165) is 4.47 Å². The van der Waals surface area contributed by atoms with Gasteiger partial charge in [-0.15, -0.1) is 0 Å². The first-order chi connectivity index (χ1) is 9.96. The van der Waals surface area contributed by atoms with E-state index < -0.39 is 5.54 Å². The van der Waals surface area contributed by atoms with Gasteiger partial charge in [-0.3, -0.25) is 4.79 Å². The maximum atomic E-state index is 13.9. The number of benzene rings is 1. The predicted octanol–water partition coefficient (Wildman–Crippen LogP) is 2.44. The average Bonchev–Trinajstić information content (AvgIpc) is 2.48. The Balaban J connectivity index is 2.15. The molecule has 0 radical (unpaired) electrons. The van der Waals surface area contributed by atoms with Crippen molar-refractivity contribution in [1.82, 2.24) is 4.90 Å². The summed E-state index contributed by atoms with van der Waals surface area (Å²) in [6.45, 7) is 3.57. The zero-order chi connectivity index (χ0) is 15.5. The molecular formula is C15H20BrFN2O2. The Morgan fingerprint density at radius 1 is 1.48 bits per heavy atom. The Kier molecular flexibility index (Phi) is 5.35. The van der Waals surface area contributed by atoms with Crippen molar-refractivity contribution in [2.75, 3.05) is 19.8 Å². The Labute approximate surface area is 132 Å². The van der Waals surface area contributed by atoms with E-state index in [0.29, 0.717) is 38.2 Å². The monoisotopic (exact) mass is 358 g/mol. The standard InChI is InChI=1S/C15H20BrFN2O2/c1-2-19(10-11-9-12(16)3-4-13(11)17)14(20)15(18)5-7-21-8-6-15/h3-4,9H,2,5-8,10,18H2,1H3. The Hall–Kier alpha value is -0.980. The van der Waals surface area contributed by atoms with E-state index in [4.69, 9.17) is 10.5 Å². The van der Waals surface area contributed by atoms with Crippen LogP contribution in [0, 0.1) is 5.82 Å². The number of carbonyl (C=O) groups excluding carboxylic acids is 1. The summed E-state index contributed by atoms with van der Waals surface area (Å²) in [5.41, 5.74) is 5.82. The normalized spacial score (nSPS) is 17.5. The van der Waals surface area contributed by atoms with Gasteiger partial charge in [-0.1, -0.05) is 15.9 Å². The van der Waals surface area contributed by atoms with Crippen LogP contribution in [0.15, 0.2) is 22.7 Å². The van der Waals surface area contributed by atoms with E-state index in [2.05, 4.69) is 15.9 Å². The SMILES string of the molecule is CCN(Cc1cc(Br)ccc1F)C(=O)C1(N)CCOCC1. The highest BCUT2D eigenvalue weighted by Crippen LogP contribution is 2.23. The lowest BCUT2D eigenvalue weighted by atomic mass is 9.89. The van der Waals surface area contributed by atoms with E-state index in [1.54, 1.807) is 17.0 Å². The second kappa shape index (κ2) is 6.85. The minimum Gasteiger partial charge on any atom is -0.381 e. The first-order valence-corrected chi connectivity index (χ1v) is 7.85. The summed E-state index contributed by atoms with van der Waals surface area (Å²) in [7, 11) is 0. The lowest BCUT2D eigenvalue weighted by molar-refractivity contribution is -0.141. The van der Waals surface area contributed by atoms with Crippen molar-refractivity contribution in [3.63, 3.8) is 0 Å². The van der Waals surface area contributed by atoms with Gasteiger partial charge < -0.3 is 15.4 Å². The van der Waals surface area contributed by atoms with Gasteiger partial charge in [-0.05, 0) is 38.0 Å². The number of likely N-dealkylation sites (N-methyl/N-ethyl adjacent to an activating group) is 1. The van der Waals surface area contributed by atoms with Crippen LogP contribution in [0.3, 0.4) is 0 Å². The van der Waals surface area contributed by atoms with Gasteiger partial charge in [0.05, 0.1) is 5.54 Å². The van der Waals surface area contributed by atoms with Gasteiger partial charge in [0.25, 0.3) is 0 Å². The van der Waals surface area contributed by atoms with Crippen LogP contribution in [-0.2, 0) is 16.1 Å². The Morgan fingerprint density at radius 3 is 2.76 bits per heavy atom. The lowest BCUT2D eigenvalue weighted by Crippen LogP contribution is -2.57. The fourth-order valence-corrected chi connectivity index (χ4v) is 2.87. The summed E-state index contributed by atoms with van der Waals surface area (Å²) in [6, 6.07) is 4.72. The summed E-state index contributed by atoms with van der Waals surface area (Å²) in [5, 5.41) is 0. The summed E-state index contributed by atoms with van der Waals surface area (Å²) in [5.74, 6) is -0.449. The summed E-state index contributed by atoms with van der Waals surface area (Å²) in [4.78, 5) is 14.3. The first kappa shape index (κ1) is 16.4. The van der Waals surface area contributed by atoms with Crippen LogP contribution in [0.4, 0.5) is 4.39 Å². The Morgan fingerprint density at radius 2 is 2.14 bits per heavy atom. The number of hydrogen-bond acceptors (Lipinski definition) is 3. The maximum absolute atomic E-state index is 13.9. The van der Waals surface area contributed by atoms with Gasteiger partial charge in [0.2, 0.25) is 5.91 Å². The van der Waals surface area contributed by atoms with Gasteiger partial charge >= 0.3 is 0 Å². The van der Waals surface area contributed by atoms with E-state index >= 15 is 0 Å². The molecule has 1 aliphatic heterocycles. The van der Waals surface area contributed by atoms with Gasteiger partial charge in [-0.25, -0.2) is 4.39 Å². The minimum atomic E-state index is -0.892. The van der Waals surface area contributed by atoms with Crippen LogP contribution < -0.4 is 5.73 Å². The molecule has 21 heavy (non-hydrogen) atoms. The van der Waals surface area contributed by atoms with E-state index in [1.165, 1.54) is 6.07 Å². The lowest BCUT2D eigenvalue weighted by Gasteiger charge is -2.36. The summed E-state index contributed by atoms with van der Waals surface area (Å²) in [6.07, 6.45) is 1.01. The number of nitrogens with two attached hydrogens (primary N) is 1. The molecule has 0 atom stereocenters. The molecule has 1 amide bonds. The first-order valence-electron chi connectivity index (χ1n) is 7.06. The van der Waals surface area contributed by atoms with Crippen LogP contribution in [0.25, 0.3) is 0 Å². The fourth-order valence-electron chi connectivity index (χ4n) is 2.46. The highest BCUT2D eigenvalue weighted by atomic mass is 79.9. The quantitative estimate of drug-likeness (QED) is 0.899. The number of hydrogen-bond donors (Lipinski definition) is 1. The molecule has 2 N–H and O–H groups in total. The molecular weight excluding hydrogens is 339 g/mol. The molecule has 6 heteroatoms. The van der Waals surface area contributed by atoms with Crippen molar-refractivity contribution in [3.8, 4) is 0 Å². The maximum Gasteiger partial charge on any atom is 0.243 e. The van der Waals surface area contributed by atoms with Gasteiger partial charge in [0, 0.05) is 36.3 Å². The third-order valence-corrected chi connectivity index (χ3v) is 4.34. The molecule has 1 heterocycles. The van der Waals surface area contributed by atoms with Gasteiger partial charge in [-0.2, -0.15) is 0 Å². The molecule has 4 nitrogen and oxygen atoms in total. The highest BCUT2D eigenvalue weighted by molar-refractivity contribution is 9.10. The molecule has 0 bridgehead atoms. The summed E-state index contributed by atoms with van der Waals surface area (Å²) < 4.78 is 19.9. The average molecular weight is 359 g/mol. The molecule has 1 aromatic rings. The van der Waals surface area contributed by atoms with Crippen molar-refractivity contribution in [2.24, 2.45) is 5.73 Å². The minimum absolute atomic E-state index is 0.132. The smallest absolute Gasteiger partial charge is 0.243 e. The largest absolute Gasteiger partial charge is 0.381 e. The van der Waals surface area contributed by atoms with Gasteiger partial charge in [0.15, 0.2) is 0 Å². The molecule has 2 rings (SSSR count). The van der Waals surface area contributed by atoms with E-state index in [-0.39, 0.29) is 18.3 Å². The van der Waals surface area contributed by atoms with E-state index in [9.17, 15) is 9.18 Å². The topological polar surface area (TPSA) is 55.6 Å². The summed E-state index contributed by atoms with van der Waals surface area (Å²) >= 11 is 3.32. The van der Waals surface area contributed by atoms with Crippen molar-refractivity contribution in [1.29, 1.82) is 0 Å². The molecule has 1 aliphatic rings. The number of carbonyl (C=O) groups is 1. The molecule has 0 aromatic heterocycles. The number of halogens is 2. The van der Waals surface area contributed by atoms with Crippen molar-refractivity contribution < 1.29 is 13.9 Å². The molecule has 1 aromatic carbocycles. The van der Waals surface area contributed by atoms with Crippen molar-refractivity contribution in [3.05, 3.63) is 34.1 Å². The molecule has 1 fully saturated rings. The molecule has 0 spiro atoms. The van der Waals surface area contributed by atoms with E-state index in [1.807, 2.05) is 6.92 Å². The zero-order valence-electron chi connectivity index (χ0n) is 12.1. The molecule has 0 aliphatic carbocycles. The van der Waals surface area contributed by atoms with Crippen molar-refractivity contribution >= 4 is 21.8 Å². The van der Waals surface area contributed by atoms with Crippen LogP contribution >= 0.6 is 15.9 Å². The molecule has 1 saturated heterocycles. The number of ether oxygens (including phenoxy) is 1. The zero-order valence-corrected chi connectivity index (χ0v) is 13.7. The molecule has 0 saturated carbocycles. The highest BCUT2D eigenvalue weighted by Gasteiger charge is 2.38. The number of rotatable bonds is 4. The fraction of sp³-hybridized carbons (Fsp3) is 0.533. The van der Waals surface area contributed by atoms with Crippen molar-refractivity contribution in [2.45, 2.75) is 31.8 Å². The second-order valence-corrected chi connectivity index (χ2v) is 6.24. The third-order valence-electron chi connectivity index (χ3n) is 3.85. The van der Waals surface area contributed by atoms with Crippen LogP contribution in [0.2, 0.25) is 0 Å². The van der Waals surface area contributed by atoms with Crippen LogP contribution in [-0.4, -0.2) is 36.1 Å². The molecule has 0 unspecified atom stereocenters. The third kappa shape index (κ3) is 3.81. The predicted molar refractivity (Wildman–Crippen MR) is 82.2 cm³/mol. The molecule has 116 valence electrons. The number of nitrogens with zero attached hydrogens (tertiary/aromatic N) is 1. The van der Waals surface area contributed by atoms with Crippen LogP contribution in [0.5, 0.6) is 0 Å².